The number of non-ortho nitro benzene ring substituents is 1. The molecule has 1 atom stereocenters. The Balaban J connectivity index is 1.41. The number of para-hydroxylation sites is 3. The Morgan fingerprint density at radius 2 is 1.82 bits per heavy atom. The first-order valence-corrected chi connectivity index (χ1v) is 13.0. The van der Waals surface area contributed by atoms with Crippen LogP contribution in [0, 0.1) is 10.1 Å². The van der Waals surface area contributed by atoms with E-state index in [0.29, 0.717) is 26.2 Å². The summed E-state index contributed by atoms with van der Waals surface area (Å²) in [7, 11) is 1.67. The Labute approximate surface area is 222 Å². The molecule has 1 saturated heterocycles. The molecule has 5 rings (SSSR count). The van der Waals surface area contributed by atoms with Gasteiger partial charge >= 0.3 is 0 Å². The number of carbonyl (C=O) groups excluding carboxylic acids is 1. The zero-order valence-corrected chi connectivity index (χ0v) is 21.7. The quantitative estimate of drug-likeness (QED) is 0.248. The summed E-state index contributed by atoms with van der Waals surface area (Å²) in [5, 5.41) is 12.6. The number of nitrogens with one attached hydrogen (secondary N) is 1. The number of nitrogens with zero attached hydrogens (tertiary/aromatic N) is 3. The molecule has 1 amide bonds. The molecule has 196 valence electrons. The number of carbonyl (C=O) groups is 1. The zero-order valence-electron chi connectivity index (χ0n) is 21.7. The van der Waals surface area contributed by atoms with Crippen molar-refractivity contribution < 1.29 is 14.5 Å². The maximum absolute atomic E-state index is 13.7. The molecule has 0 radical (unpaired) electrons. The number of aromatic amines is 1. The molecule has 0 saturated carbocycles. The Bertz CT molecular complexity index is 1460. The molecular weight excluding hydrogens is 480 g/mol. The largest absolute Gasteiger partial charge is 0.495 e. The van der Waals surface area contributed by atoms with Crippen molar-refractivity contribution >= 4 is 28.2 Å². The summed E-state index contributed by atoms with van der Waals surface area (Å²) in [5.74, 6) is 0.557. The third kappa shape index (κ3) is 4.94. The third-order valence-corrected chi connectivity index (χ3v) is 7.51. The first-order valence-electron chi connectivity index (χ1n) is 13.0. The number of aryl methyl sites for hydroxylation is 1. The Morgan fingerprint density at radius 1 is 1.05 bits per heavy atom. The van der Waals surface area contributed by atoms with Crippen molar-refractivity contribution in [2.45, 2.75) is 25.7 Å². The number of amides is 1. The summed E-state index contributed by atoms with van der Waals surface area (Å²) in [4.78, 5) is 32.4. The maximum Gasteiger partial charge on any atom is 0.269 e. The van der Waals surface area contributed by atoms with E-state index in [0.717, 1.165) is 39.9 Å². The highest BCUT2D eigenvalue weighted by atomic mass is 16.6. The van der Waals surface area contributed by atoms with Crippen LogP contribution in [0.1, 0.15) is 36.0 Å². The number of H-pyrrole nitrogens is 1. The fraction of sp³-hybridized carbons (Fsp3) is 0.300. The van der Waals surface area contributed by atoms with Crippen molar-refractivity contribution in [2.24, 2.45) is 0 Å². The van der Waals surface area contributed by atoms with Crippen LogP contribution >= 0.6 is 0 Å². The number of hydrogen-bond donors (Lipinski definition) is 1. The fourth-order valence-electron chi connectivity index (χ4n) is 5.48. The number of nitro groups is 1. The van der Waals surface area contributed by atoms with E-state index in [9.17, 15) is 14.9 Å². The molecule has 1 aliphatic rings. The summed E-state index contributed by atoms with van der Waals surface area (Å²) in [6, 6.07) is 20.8. The number of methoxy groups -OCH3 is 1. The molecule has 4 aromatic rings. The van der Waals surface area contributed by atoms with Gasteiger partial charge in [-0.2, -0.15) is 0 Å². The summed E-state index contributed by atoms with van der Waals surface area (Å²) < 4.78 is 5.52. The molecule has 38 heavy (non-hydrogen) atoms. The molecule has 1 aliphatic heterocycles. The van der Waals surface area contributed by atoms with Gasteiger partial charge in [-0.15, -0.1) is 0 Å². The number of fused-ring (bicyclic) bond motifs is 1. The number of rotatable bonds is 8. The molecule has 0 unspecified atom stereocenters. The van der Waals surface area contributed by atoms with Crippen LogP contribution in [-0.2, 0) is 11.2 Å². The van der Waals surface area contributed by atoms with Crippen molar-refractivity contribution in [3.8, 4) is 5.75 Å². The van der Waals surface area contributed by atoms with Crippen molar-refractivity contribution in [1.82, 2.24) is 9.88 Å². The molecule has 3 aromatic carbocycles. The smallest absolute Gasteiger partial charge is 0.269 e. The van der Waals surface area contributed by atoms with Gasteiger partial charge in [-0.25, -0.2) is 0 Å². The van der Waals surface area contributed by atoms with Crippen LogP contribution in [0.4, 0.5) is 11.4 Å². The first kappa shape index (κ1) is 25.3. The van der Waals surface area contributed by atoms with Crippen LogP contribution in [-0.4, -0.2) is 54.0 Å². The van der Waals surface area contributed by atoms with Gasteiger partial charge in [0.15, 0.2) is 0 Å². The van der Waals surface area contributed by atoms with E-state index in [2.05, 4.69) is 28.9 Å². The van der Waals surface area contributed by atoms with Crippen molar-refractivity contribution in [2.75, 3.05) is 38.2 Å². The van der Waals surface area contributed by atoms with E-state index in [1.54, 1.807) is 19.2 Å². The average molecular weight is 513 g/mol. The lowest BCUT2D eigenvalue weighted by molar-refractivity contribution is -0.384. The Kier molecular flexibility index (Phi) is 7.31. The Morgan fingerprint density at radius 3 is 2.55 bits per heavy atom. The second-order valence-corrected chi connectivity index (χ2v) is 9.59. The van der Waals surface area contributed by atoms with E-state index in [1.807, 2.05) is 47.5 Å². The number of aromatic nitrogens is 1. The summed E-state index contributed by atoms with van der Waals surface area (Å²) in [6.07, 6.45) is 3.08. The molecule has 0 bridgehead atoms. The van der Waals surface area contributed by atoms with Crippen LogP contribution in [0.3, 0.4) is 0 Å². The van der Waals surface area contributed by atoms with E-state index < -0.39 is 0 Å². The van der Waals surface area contributed by atoms with Gasteiger partial charge in [0.1, 0.15) is 5.75 Å². The molecule has 1 aromatic heterocycles. The third-order valence-electron chi connectivity index (χ3n) is 7.51. The predicted molar refractivity (Wildman–Crippen MR) is 149 cm³/mol. The Hall–Kier alpha value is -4.33. The van der Waals surface area contributed by atoms with Crippen LogP contribution in [0.15, 0.2) is 72.9 Å². The minimum absolute atomic E-state index is 0.0273. The van der Waals surface area contributed by atoms with Gasteiger partial charge in [0.05, 0.1) is 17.7 Å². The van der Waals surface area contributed by atoms with E-state index in [1.165, 1.54) is 11.6 Å². The average Bonchev–Trinajstić information content (AvgIpc) is 3.40. The van der Waals surface area contributed by atoms with Crippen LogP contribution in [0.5, 0.6) is 5.75 Å². The minimum atomic E-state index is -0.385. The van der Waals surface area contributed by atoms with E-state index in [-0.39, 0.29) is 28.9 Å². The lowest BCUT2D eigenvalue weighted by Crippen LogP contribution is -2.49. The van der Waals surface area contributed by atoms with Gasteiger partial charge in [-0.1, -0.05) is 49.4 Å². The topological polar surface area (TPSA) is 91.7 Å². The summed E-state index contributed by atoms with van der Waals surface area (Å²) in [5.41, 5.74) is 5.06. The number of anilines is 1. The molecule has 8 heteroatoms. The second kappa shape index (κ2) is 11.0. The number of benzene rings is 3. The van der Waals surface area contributed by atoms with Crippen molar-refractivity contribution in [3.05, 3.63) is 99.7 Å². The highest BCUT2D eigenvalue weighted by molar-refractivity contribution is 5.88. The van der Waals surface area contributed by atoms with Gasteiger partial charge < -0.3 is 19.5 Å². The first-order chi connectivity index (χ1) is 18.5. The van der Waals surface area contributed by atoms with E-state index >= 15 is 0 Å². The molecule has 1 N–H and O–H groups in total. The molecule has 8 nitrogen and oxygen atoms in total. The molecule has 1 fully saturated rings. The summed E-state index contributed by atoms with van der Waals surface area (Å²) >= 11 is 0. The highest BCUT2D eigenvalue weighted by Gasteiger charge is 2.28. The van der Waals surface area contributed by atoms with Crippen LogP contribution < -0.4 is 9.64 Å². The van der Waals surface area contributed by atoms with E-state index in [4.69, 9.17) is 4.74 Å². The van der Waals surface area contributed by atoms with Gasteiger partial charge in [0, 0.05) is 67.8 Å². The normalized spacial score (nSPS) is 14.5. The lowest BCUT2D eigenvalue weighted by atomic mass is 9.87. The molecule has 0 spiro atoms. The minimum Gasteiger partial charge on any atom is -0.495 e. The number of ether oxygens (including phenoxy) is 1. The summed E-state index contributed by atoms with van der Waals surface area (Å²) in [6.45, 7) is 4.74. The fourth-order valence-corrected chi connectivity index (χ4v) is 5.48. The van der Waals surface area contributed by atoms with Crippen molar-refractivity contribution in [3.63, 3.8) is 0 Å². The molecule has 0 aliphatic carbocycles. The van der Waals surface area contributed by atoms with Crippen LogP contribution in [0.2, 0.25) is 0 Å². The molecular formula is C30H32N4O4. The van der Waals surface area contributed by atoms with Gasteiger partial charge in [0.25, 0.3) is 5.69 Å². The standard InChI is InChI=1S/C30H32N4O4/c1-3-21-8-7-11-24-26(20-31-30(21)24)25(22-9-6-10-23(18-22)34(36)37)19-29(35)33-16-14-32(15-17-33)27-12-4-5-13-28(27)38-2/h4-13,18,20,25,31H,3,14-17,19H2,1-2H3/t25-/m1/s1. The number of piperazine rings is 1. The SMILES string of the molecule is CCc1cccc2c([C@H](CC(=O)N3CCN(c4ccccc4OC)CC3)c3cccc([N+](=O)[O-])c3)c[nH]c12. The van der Waals surface area contributed by atoms with Gasteiger partial charge in [-0.05, 0) is 35.2 Å². The number of hydrogen-bond acceptors (Lipinski definition) is 5. The van der Waals surface area contributed by atoms with Crippen LogP contribution in [0.25, 0.3) is 10.9 Å². The zero-order chi connectivity index (χ0) is 26.6. The van der Waals surface area contributed by atoms with Gasteiger partial charge in [-0.3, -0.25) is 14.9 Å². The monoisotopic (exact) mass is 512 g/mol. The maximum atomic E-state index is 13.7. The van der Waals surface area contributed by atoms with Gasteiger partial charge in [0.2, 0.25) is 5.91 Å². The van der Waals surface area contributed by atoms with Crippen molar-refractivity contribution in [1.29, 1.82) is 0 Å². The second-order valence-electron chi connectivity index (χ2n) is 9.59. The molecule has 2 heterocycles. The highest BCUT2D eigenvalue weighted by Crippen LogP contribution is 2.36. The predicted octanol–water partition coefficient (Wildman–Crippen LogP) is 5.52. The number of nitro benzene ring substituents is 1. The lowest BCUT2D eigenvalue weighted by Gasteiger charge is -2.37.